The first-order valence-electron chi connectivity index (χ1n) is 12.5. The summed E-state index contributed by atoms with van der Waals surface area (Å²) < 4.78 is 18.7. The van der Waals surface area contributed by atoms with Crippen molar-refractivity contribution < 1.29 is 13.9 Å². The van der Waals surface area contributed by atoms with Crippen LogP contribution in [-0.4, -0.2) is 28.7 Å². The van der Waals surface area contributed by atoms with Gasteiger partial charge in [0.1, 0.15) is 5.82 Å². The SMILES string of the molecule is CCOC(=O)N[C@H]1CC[C@@H]2[C@H](Cc3cc(=O)[nH]cc3[C@H]2/C=C/c2ccc(-c3cccc(F)c3)cn2)C1. The topological polar surface area (TPSA) is 84.1 Å². The number of H-pyrrole nitrogens is 1. The minimum absolute atomic E-state index is 0.0792. The van der Waals surface area contributed by atoms with Crippen molar-refractivity contribution in [1.82, 2.24) is 15.3 Å². The second kappa shape index (κ2) is 10.5. The van der Waals surface area contributed by atoms with Gasteiger partial charge in [-0.2, -0.15) is 0 Å². The van der Waals surface area contributed by atoms with E-state index in [1.54, 1.807) is 25.3 Å². The van der Waals surface area contributed by atoms with Crippen molar-refractivity contribution in [2.45, 2.75) is 44.6 Å². The molecule has 36 heavy (non-hydrogen) atoms. The van der Waals surface area contributed by atoms with Crippen LogP contribution in [0.2, 0.25) is 0 Å². The van der Waals surface area contributed by atoms with E-state index in [4.69, 9.17) is 4.74 Å². The molecule has 1 amide bonds. The van der Waals surface area contributed by atoms with Gasteiger partial charge in [0.05, 0.1) is 12.3 Å². The number of aromatic amines is 1. The predicted molar refractivity (Wildman–Crippen MR) is 137 cm³/mol. The maximum Gasteiger partial charge on any atom is 0.407 e. The van der Waals surface area contributed by atoms with E-state index in [9.17, 15) is 14.0 Å². The fourth-order valence-electron chi connectivity index (χ4n) is 5.78. The van der Waals surface area contributed by atoms with E-state index < -0.39 is 0 Å². The van der Waals surface area contributed by atoms with Crippen LogP contribution >= 0.6 is 0 Å². The molecule has 2 heterocycles. The van der Waals surface area contributed by atoms with Gasteiger partial charge in [0.15, 0.2) is 0 Å². The Balaban J connectivity index is 1.37. The number of rotatable bonds is 5. The molecule has 0 bridgehead atoms. The first-order chi connectivity index (χ1) is 17.5. The monoisotopic (exact) mass is 487 g/mol. The van der Waals surface area contributed by atoms with Crippen LogP contribution in [0.4, 0.5) is 9.18 Å². The number of fused-ring (bicyclic) bond motifs is 2. The van der Waals surface area contributed by atoms with Crippen molar-refractivity contribution >= 4 is 12.2 Å². The van der Waals surface area contributed by atoms with Gasteiger partial charge >= 0.3 is 6.09 Å². The number of allylic oxidation sites excluding steroid dienone is 1. The van der Waals surface area contributed by atoms with Crippen LogP contribution in [-0.2, 0) is 11.2 Å². The maximum absolute atomic E-state index is 13.6. The molecular formula is C29H30FN3O3. The average molecular weight is 488 g/mol. The Morgan fingerprint density at radius 1 is 1.22 bits per heavy atom. The van der Waals surface area contributed by atoms with E-state index in [1.165, 1.54) is 12.1 Å². The smallest absolute Gasteiger partial charge is 0.407 e. The van der Waals surface area contributed by atoms with Gasteiger partial charge < -0.3 is 15.0 Å². The van der Waals surface area contributed by atoms with Gasteiger partial charge in [0, 0.05) is 36.0 Å². The van der Waals surface area contributed by atoms with E-state index in [0.717, 1.165) is 53.6 Å². The van der Waals surface area contributed by atoms with Gasteiger partial charge in [-0.15, -0.1) is 0 Å². The number of alkyl carbamates (subject to hydrolysis) is 1. The van der Waals surface area contributed by atoms with Gasteiger partial charge in [0.2, 0.25) is 5.56 Å². The standard InChI is InChI=1S/C29H30FN3O3/c1-2-36-29(35)33-24-9-10-25-20(14-24)12-21-15-28(34)32-17-27(21)26(25)11-8-23-7-6-19(16-31-23)18-4-3-5-22(30)13-18/h3-8,11,13,15-17,20,24-26H,2,9-10,12,14H2,1H3,(H,32,34)(H,33,35)/b11-8+/t20-,24+,25-,26+/m1/s1. The second-order valence-corrected chi connectivity index (χ2v) is 9.65. The molecule has 3 aromatic rings. The summed E-state index contributed by atoms with van der Waals surface area (Å²) in [4.78, 5) is 31.4. The highest BCUT2D eigenvalue weighted by molar-refractivity contribution is 5.67. The fraction of sp³-hybridized carbons (Fsp3) is 0.345. The molecule has 2 aliphatic carbocycles. The average Bonchev–Trinajstić information content (AvgIpc) is 2.87. The lowest BCUT2D eigenvalue weighted by Gasteiger charge is -2.43. The summed E-state index contributed by atoms with van der Waals surface area (Å²) in [6.07, 6.45) is 11.0. The number of hydrogen-bond acceptors (Lipinski definition) is 4. The number of ether oxygens (including phenoxy) is 1. The molecular weight excluding hydrogens is 457 g/mol. The van der Waals surface area contributed by atoms with Crippen molar-refractivity contribution in [3.8, 4) is 11.1 Å². The van der Waals surface area contributed by atoms with Crippen molar-refractivity contribution in [1.29, 1.82) is 0 Å². The Morgan fingerprint density at radius 2 is 2.11 bits per heavy atom. The molecule has 2 aromatic heterocycles. The number of halogens is 1. The molecule has 2 N–H and O–H groups in total. The summed E-state index contributed by atoms with van der Waals surface area (Å²) in [6, 6.07) is 12.2. The number of nitrogens with zero attached hydrogens (tertiary/aromatic N) is 1. The minimum atomic E-state index is -0.363. The van der Waals surface area contributed by atoms with E-state index >= 15 is 0 Å². The van der Waals surface area contributed by atoms with Gasteiger partial charge in [-0.05, 0) is 85.4 Å². The number of hydrogen-bond donors (Lipinski definition) is 2. The van der Waals surface area contributed by atoms with Crippen LogP contribution in [0.15, 0.2) is 65.7 Å². The minimum Gasteiger partial charge on any atom is -0.450 e. The molecule has 0 spiro atoms. The molecule has 0 aliphatic heterocycles. The number of benzene rings is 1. The van der Waals surface area contributed by atoms with Crippen molar-refractivity contribution in [3.05, 3.63) is 93.9 Å². The third-order valence-electron chi connectivity index (χ3n) is 7.41. The van der Waals surface area contributed by atoms with Crippen LogP contribution in [0.25, 0.3) is 17.2 Å². The number of aromatic nitrogens is 2. The Kier molecular flexibility index (Phi) is 6.98. The zero-order valence-electron chi connectivity index (χ0n) is 20.2. The molecule has 1 aromatic carbocycles. The second-order valence-electron chi connectivity index (χ2n) is 9.65. The zero-order valence-corrected chi connectivity index (χ0v) is 20.2. The maximum atomic E-state index is 13.6. The van der Waals surface area contributed by atoms with Gasteiger partial charge in [-0.25, -0.2) is 9.18 Å². The van der Waals surface area contributed by atoms with E-state index in [0.29, 0.717) is 18.4 Å². The Hall–Kier alpha value is -3.74. The normalized spacial score (nSPS) is 23.1. The lowest BCUT2D eigenvalue weighted by Crippen LogP contribution is -2.44. The lowest BCUT2D eigenvalue weighted by molar-refractivity contribution is 0.129. The van der Waals surface area contributed by atoms with Crippen LogP contribution in [0.1, 0.15) is 48.9 Å². The Morgan fingerprint density at radius 3 is 2.89 bits per heavy atom. The third kappa shape index (κ3) is 5.25. The zero-order chi connectivity index (χ0) is 25.1. The summed E-state index contributed by atoms with van der Waals surface area (Å²) >= 11 is 0. The van der Waals surface area contributed by atoms with Crippen LogP contribution < -0.4 is 10.9 Å². The van der Waals surface area contributed by atoms with E-state index in [-0.39, 0.29) is 29.4 Å². The Bertz CT molecular complexity index is 1320. The lowest BCUT2D eigenvalue weighted by atomic mass is 9.62. The summed E-state index contributed by atoms with van der Waals surface area (Å²) in [7, 11) is 0. The molecule has 0 radical (unpaired) electrons. The number of nitrogens with one attached hydrogen (secondary N) is 2. The van der Waals surface area contributed by atoms with E-state index in [2.05, 4.69) is 21.4 Å². The number of carbonyl (C=O) groups excluding carboxylic acids is 1. The van der Waals surface area contributed by atoms with Crippen molar-refractivity contribution in [3.63, 3.8) is 0 Å². The van der Waals surface area contributed by atoms with Crippen molar-refractivity contribution in [2.75, 3.05) is 6.61 Å². The van der Waals surface area contributed by atoms with E-state index in [1.807, 2.05) is 30.5 Å². The molecule has 4 atom stereocenters. The molecule has 1 fully saturated rings. The van der Waals surface area contributed by atoms with Gasteiger partial charge in [-0.1, -0.05) is 24.3 Å². The van der Waals surface area contributed by atoms with Crippen molar-refractivity contribution in [2.24, 2.45) is 11.8 Å². The van der Waals surface area contributed by atoms with Gasteiger partial charge in [-0.3, -0.25) is 9.78 Å². The van der Waals surface area contributed by atoms with Crippen LogP contribution in [0.5, 0.6) is 0 Å². The van der Waals surface area contributed by atoms with Gasteiger partial charge in [0.25, 0.3) is 0 Å². The first-order valence-corrected chi connectivity index (χ1v) is 12.5. The number of amides is 1. The highest BCUT2D eigenvalue weighted by atomic mass is 19.1. The molecule has 5 rings (SSSR count). The quantitative estimate of drug-likeness (QED) is 0.501. The summed E-state index contributed by atoms with van der Waals surface area (Å²) in [5.41, 5.74) is 4.60. The highest BCUT2D eigenvalue weighted by Crippen LogP contribution is 2.47. The van der Waals surface area contributed by atoms with Crippen LogP contribution in [0.3, 0.4) is 0 Å². The molecule has 0 unspecified atom stereocenters. The Labute approximate surface area is 209 Å². The molecule has 7 heteroatoms. The highest BCUT2D eigenvalue weighted by Gasteiger charge is 2.40. The molecule has 1 saturated carbocycles. The van der Waals surface area contributed by atoms with Crippen LogP contribution in [0, 0.1) is 17.7 Å². The summed E-state index contributed by atoms with van der Waals surface area (Å²) in [5.74, 6) is 0.639. The number of carbonyl (C=O) groups is 1. The molecule has 2 aliphatic rings. The molecule has 0 saturated heterocycles. The molecule has 6 nitrogen and oxygen atoms in total. The number of pyridine rings is 2. The summed E-state index contributed by atoms with van der Waals surface area (Å²) in [5, 5.41) is 3.00. The fourth-order valence-corrected chi connectivity index (χ4v) is 5.78. The first kappa shape index (κ1) is 24.0. The summed E-state index contributed by atoms with van der Waals surface area (Å²) in [6.45, 7) is 2.15. The molecule has 186 valence electrons. The largest absolute Gasteiger partial charge is 0.450 e. The third-order valence-corrected chi connectivity index (χ3v) is 7.41. The predicted octanol–water partition coefficient (Wildman–Crippen LogP) is 5.46.